The molecule has 6 rings (SSSR count). The molecule has 222 valence electrons. The number of benzene rings is 2. The van der Waals surface area contributed by atoms with Crippen molar-refractivity contribution < 1.29 is 35.8 Å². The summed E-state index contributed by atoms with van der Waals surface area (Å²) in [4.78, 5) is 14.1. The molecule has 0 bridgehead atoms. The van der Waals surface area contributed by atoms with E-state index < -0.39 is 33.4 Å². The molecule has 4 heterocycles. The molecule has 42 heavy (non-hydrogen) atoms. The van der Waals surface area contributed by atoms with Gasteiger partial charge in [0, 0.05) is 36.8 Å². The highest BCUT2D eigenvalue weighted by Gasteiger charge is 2.28. The van der Waals surface area contributed by atoms with E-state index in [0.717, 1.165) is 18.2 Å². The van der Waals surface area contributed by atoms with Gasteiger partial charge in [0.05, 0.1) is 11.1 Å². The van der Waals surface area contributed by atoms with Gasteiger partial charge in [0.15, 0.2) is 0 Å². The predicted octanol–water partition coefficient (Wildman–Crippen LogP) is 5.39. The lowest BCUT2D eigenvalue weighted by molar-refractivity contribution is 0.381. The monoisotopic (exact) mass is 624 g/mol. The van der Waals surface area contributed by atoms with E-state index in [9.17, 15) is 18.3 Å². The standard InChI is InChI=1S/C17H15ClF3N5.C9H7NO.H2O4S/c1-9-2-4-25(5-3-9)16-14(13-11(20)6-10(19)7-12(13)21)15(18)24-17-22-8-23-26(16)17;11-8-5-1-3-7-4-2-6-10-9(7)8;1-5(2,3)4/h6-9H,2-5H2,1H3;1-6,11H;(H2,1,2,3,4). The second-order valence-electron chi connectivity index (χ2n) is 9.29. The van der Waals surface area contributed by atoms with Crippen LogP contribution in [0.25, 0.3) is 27.8 Å². The largest absolute Gasteiger partial charge is 0.506 e. The molecule has 0 aliphatic carbocycles. The minimum Gasteiger partial charge on any atom is -0.506 e. The Hall–Kier alpha value is -4.05. The molecule has 1 aliphatic rings. The number of piperidine rings is 1. The zero-order valence-corrected chi connectivity index (χ0v) is 23.4. The topological polar surface area (TPSA) is 154 Å². The summed E-state index contributed by atoms with van der Waals surface area (Å²) in [6.45, 7) is 3.50. The van der Waals surface area contributed by atoms with Crippen molar-refractivity contribution in [3.8, 4) is 16.9 Å². The Morgan fingerprint density at radius 3 is 2.21 bits per heavy atom. The number of rotatable bonds is 2. The average molecular weight is 625 g/mol. The van der Waals surface area contributed by atoms with E-state index in [1.165, 1.54) is 10.8 Å². The summed E-state index contributed by atoms with van der Waals surface area (Å²) in [5.74, 6) is -1.65. The van der Waals surface area contributed by atoms with E-state index in [4.69, 9.17) is 29.1 Å². The first-order valence-electron chi connectivity index (χ1n) is 12.3. The normalized spacial score (nSPS) is 13.8. The van der Waals surface area contributed by atoms with Gasteiger partial charge in [0.1, 0.15) is 46.0 Å². The number of para-hydroxylation sites is 1. The number of anilines is 1. The van der Waals surface area contributed by atoms with Gasteiger partial charge < -0.3 is 10.0 Å². The Bertz CT molecular complexity index is 1800. The fourth-order valence-electron chi connectivity index (χ4n) is 4.40. The van der Waals surface area contributed by atoms with E-state index in [-0.39, 0.29) is 22.2 Å². The van der Waals surface area contributed by atoms with Crippen LogP contribution < -0.4 is 4.90 Å². The number of hydrogen-bond acceptors (Lipinski definition) is 8. The highest BCUT2D eigenvalue weighted by molar-refractivity contribution is 7.79. The van der Waals surface area contributed by atoms with Crippen LogP contribution in [-0.4, -0.2) is 60.3 Å². The van der Waals surface area contributed by atoms with E-state index in [2.05, 4.69) is 27.0 Å². The molecule has 0 radical (unpaired) electrons. The minimum atomic E-state index is -4.67. The number of aromatic hydroxyl groups is 1. The van der Waals surface area contributed by atoms with Crippen molar-refractivity contribution in [3.05, 3.63) is 77.6 Å². The summed E-state index contributed by atoms with van der Waals surface area (Å²) in [6, 6.07) is 10.4. The molecule has 0 saturated carbocycles. The predicted molar refractivity (Wildman–Crippen MR) is 149 cm³/mol. The average Bonchev–Trinajstić information content (AvgIpc) is 3.37. The summed E-state index contributed by atoms with van der Waals surface area (Å²) in [5.41, 5.74) is 0.291. The van der Waals surface area contributed by atoms with Crippen LogP contribution in [0.2, 0.25) is 5.15 Å². The SMILES string of the molecule is CC1CCN(c2c(-c3c(F)cc(F)cc3F)c(Cl)nc3ncnn23)CC1.O=S(=O)(O)O.Oc1cccc2cccnc12. The maximum absolute atomic E-state index is 14.5. The minimum absolute atomic E-state index is 0.0502. The number of nitrogens with zero attached hydrogens (tertiary/aromatic N) is 6. The molecule has 0 unspecified atom stereocenters. The highest BCUT2D eigenvalue weighted by atomic mass is 35.5. The van der Waals surface area contributed by atoms with Gasteiger partial charge in [-0.05, 0) is 30.9 Å². The number of pyridine rings is 1. The first-order valence-corrected chi connectivity index (χ1v) is 14.1. The third kappa shape index (κ3) is 7.42. The summed E-state index contributed by atoms with van der Waals surface area (Å²) in [6.07, 6.45) is 4.81. The van der Waals surface area contributed by atoms with Crippen LogP contribution in [0.15, 0.2) is 55.0 Å². The fraction of sp³-hybridized carbons (Fsp3) is 0.231. The van der Waals surface area contributed by atoms with Gasteiger partial charge in [0.25, 0.3) is 5.78 Å². The zero-order chi connectivity index (χ0) is 30.6. The van der Waals surface area contributed by atoms with Crippen molar-refractivity contribution in [3.63, 3.8) is 0 Å². The Morgan fingerprint density at radius 1 is 0.976 bits per heavy atom. The molecule has 0 spiro atoms. The molecule has 2 aromatic carbocycles. The smallest absolute Gasteiger partial charge is 0.394 e. The molecule has 0 atom stereocenters. The van der Waals surface area contributed by atoms with Crippen LogP contribution >= 0.6 is 11.6 Å². The zero-order valence-electron chi connectivity index (χ0n) is 21.9. The Kier molecular flexibility index (Phi) is 9.46. The number of halogens is 4. The molecule has 3 N–H and O–H groups in total. The van der Waals surface area contributed by atoms with Crippen molar-refractivity contribution >= 4 is 44.5 Å². The molecule has 1 saturated heterocycles. The maximum atomic E-state index is 14.5. The molecule has 0 amide bonds. The summed E-state index contributed by atoms with van der Waals surface area (Å²) < 4.78 is 75.3. The van der Waals surface area contributed by atoms with Crippen LogP contribution in [0.1, 0.15) is 19.8 Å². The number of phenols is 1. The maximum Gasteiger partial charge on any atom is 0.394 e. The van der Waals surface area contributed by atoms with Crippen LogP contribution in [0, 0.1) is 23.4 Å². The summed E-state index contributed by atoms with van der Waals surface area (Å²) in [7, 11) is -4.67. The molecule has 3 aromatic heterocycles. The number of fused-ring (bicyclic) bond motifs is 2. The first-order chi connectivity index (χ1) is 19.8. The van der Waals surface area contributed by atoms with Crippen LogP contribution in [-0.2, 0) is 10.4 Å². The molecule has 1 aliphatic heterocycles. The number of aromatic nitrogens is 5. The lowest BCUT2D eigenvalue weighted by Gasteiger charge is -2.33. The van der Waals surface area contributed by atoms with Crippen molar-refractivity contribution in [1.29, 1.82) is 0 Å². The van der Waals surface area contributed by atoms with E-state index in [1.807, 2.05) is 23.1 Å². The van der Waals surface area contributed by atoms with Crippen molar-refractivity contribution in [2.75, 3.05) is 18.0 Å². The van der Waals surface area contributed by atoms with Gasteiger partial charge in [0.2, 0.25) is 0 Å². The van der Waals surface area contributed by atoms with Crippen molar-refractivity contribution in [2.45, 2.75) is 19.8 Å². The second kappa shape index (κ2) is 12.9. The Balaban J connectivity index is 0.000000208. The summed E-state index contributed by atoms with van der Waals surface area (Å²) in [5, 5.41) is 14.3. The fourth-order valence-corrected chi connectivity index (χ4v) is 4.65. The number of hydrogen-bond donors (Lipinski definition) is 3. The van der Waals surface area contributed by atoms with Crippen LogP contribution in [0.5, 0.6) is 5.75 Å². The van der Waals surface area contributed by atoms with Gasteiger partial charge in [-0.15, -0.1) is 0 Å². The van der Waals surface area contributed by atoms with E-state index in [1.54, 1.807) is 18.3 Å². The molecule has 1 fully saturated rings. The van der Waals surface area contributed by atoms with Crippen LogP contribution in [0.4, 0.5) is 19.0 Å². The second-order valence-corrected chi connectivity index (χ2v) is 10.5. The molecular weight excluding hydrogens is 601 g/mol. The summed E-state index contributed by atoms with van der Waals surface area (Å²) >= 11 is 6.29. The Morgan fingerprint density at radius 2 is 1.60 bits per heavy atom. The van der Waals surface area contributed by atoms with Crippen molar-refractivity contribution in [2.24, 2.45) is 5.92 Å². The van der Waals surface area contributed by atoms with Gasteiger partial charge in [-0.2, -0.15) is 28.0 Å². The third-order valence-electron chi connectivity index (χ3n) is 6.31. The molecule has 5 aromatic rings. The lowest BCUT2D eigenvalue weighted by atomic mass is 9.98. The molecule has 11 nitrogen and oxygen atoms in total. The van der Waals surface area contributed by atoms with Crippen LogP contribution in [0.3, 0.4) is 0 Å². The third-order valence-corrected chi connectivity index (χ3v) is 6.58. The highest BCUT2D eigenvalue weighted by Crippen LogP contribution is 2.40. The lowest BCUT2D eigenvalue weighted by Crippen LogP contribution is -2.35. The quantitative estimate of drug-likeness (QED) is 0.172. The first kappa shape index (κ1) is 30.9. The van der Waals surface area contributed by atoms with E-state index >= 15 is 0 Å². The van der Waals surface area contributed by atoms with Crippen molar-refractivity contribution in [1.82, 2.24) is 24.6 Å². The van der Waals surface area contributed by atoms with Gasteiger partial charge >= 0.3 is 10.4 Å². The van der Waals surface area contributed by atoms with Gasteiger partial charge in [-0.3, -0.25) is 14.1 Å². The molecule has 16 heteroatoms. The molecular formula is C26H24ClF3N6O5S. The van der Waals surface area contributed by atoms with Gasteiger partial charge in [-0.1, -0.05) is 36.7 Å². The Labute approximate surface area is 242 Å². The van der Waals surface area contributed by atoms with E-state index in [0.29, 0.717) is 42.5 Å². The van der Waals surface area contributed by atoms with Gasteiger partial charge in [-0.25, -0.2) is 13.2 Å². The number of phenolic OH excluding ortho intramolecular Hbond substituents is 1.